The second-order valence-corrected chi connectivity index (χ2v) is 6.02. The minimum atomic E-state index is -0.214. The van der Waals surface area contributed by atoms with Crippen molar-refractivity contribution >= 4 is 29.9 Å². The molecule has 0 unspecified atom stereocenters. The number of aryl methyl sites for hydroxylation is 2. The fourth-order valence-corrected chi connectivity index (χ4v) is 3.25. The summed E-state index contributed by atoms with van der Waals surface area (Å²) in [5.41, 5.74) is 4.30. The fourth-order valence-electron chi connectivity index (χ4n) is 3.25. The van der Waals surface area contributed by atoms with E-state index in [1.165, 1.54) is 36.0 Å². The molecule has 4 nitrogen and oxygen atoms in total. The van der Waals surface area contributed by atoms with Crippen LogP contribution in [0.4, 0.5) is 0 Å². The molecular formula is C17H26IN3O. The van der Waals surface area contributed by atoms with Crippen LogP contribution in [-0.4, -0.2) is 41.7 Å². The van der Waals surface area contributed by atoms with E-state index in [4.69, 9.17) is 4.99 Å². The van der Waals surface area contributed by atoms with Crippen molar-refractivity contribution in [3.8, 4) is 0 Å². The summed E-state index contributed by atoms with van der Waals surface area (Å²) in [6.45, 7) is 5.22. The SMILES string of the molecule is CCNC(=NCc1ccc2c(c1)CCC2)N1CC[C@@H](O)C1.I. The molecule has 1 aromatic carbocycles. The number of hydrogen-bond acceptors (Lipinski definition) is 2. The van der Waals surface area contributed by atoms with Crippen molar-refractivity contribution in [3.05, 3.63) is 34.9 Å². The van der Waals surface area contributed by atoms with Crippen LogP contribution in [0.5, 0.6) is 0 Å². The van der Waals surface area contributed by atoms with Crippen LogP contribution in [0.3, 0.4) is 0 Å². The molecular weight excluding hydrogens is 389 g/mol. The van der Waals surface area contributed by atoms with Gasteiger partial charge >= 0.3 is 0 Å². The van der Waals surface area contributed by atoms with Crippen LogP contribution in [0.15, 0.2) is 23.2 Å². The van der Waals surface area contributed by atoms with E-state index in [1.54, 1.807) is 0 Å². The molecule has 0 bridgehead atoms. The Labute approximate surface area is 150 Å². The van der Waals surface area contributed by atoms with E-state index < -0.39 is 0 Å². The number of nitrogens with one attached hydrogen (secondary N) is 1. The molecule has 0 spiro atoms. The zero-order valence-electron chi connectivity index (χ0n) is 13.2. The summed E-state index contributed by atoms with van der Waals surface area (Å²) in [4.78, 5) is 6.90. The van der Waals surface area contributed by atoms with Crippen LogP contribution in [0.1, 0.15) is 36.5 Å². The Balaban J connectivity index is 0.00000176. The van der Waals surface area contributed by atoms with E-state index in [0.717, 1.165) is 25.5 Å². The van der Waals surface area contributed by atoms with E-state index >= 15 is 0 Å². The van der Waals surface area contributed by atoms with Crippen LogP contribution < -0.4 is 5.32 Å². The van der Waals surface area contributed by atoms with Crippen molar-refractivity contribution in [2.24, 2.45) is 4.99 Å². The number of rotatable bonds is 3. The summed E-state index contributed by atoms with van der Waals surface area (Å²) >= 11 is 0. The molecule has 1 aromatic rings. The lowest BCUT2D eigenvalue weighted by Gasteiger charge is -2.21. The number of nitrogens with zero attached hydrogens (tertiary/aromatic N) is 2. The molecule has 2 N–H and O–H groups in total. The van der Waals surface area contributed by atoms with Crippen molar-refractivity contribution in [3.63, 3.8) is 0 Å². The Morgan fingerprint density at radius 1 is 1.36 bits per heavy atom. The van der Waals surface area contributed by atoms with Gasteiger partial charge in [-0.25, -0.2) is 4.99 Å². The summed E-state index contributed by atoms with van der Waals surface area (Å²) in [6, 6.07) is 6.78. The van der Waals surface area contributed by atoms with Crippen LogP contribution in [0, 0.1) is 0 Å². The van der Waals surface area contributed by atoms with Crippen molar-refractivity contribution in [2.75, 3.05) is 19.6 Å². The zero-order chi connectivity index (χ0) is 14.7. The first-order valence-corrected chi connectivity index (χ1v) is 8.08. The third-order valence-corrected chi connectivity index (χ3v) is 4.37. The Hall–Kier alpha value is -0.820. The molecule has 1 atom stereocenters. The largest absolute Gasteiger partial charge is 0.391 e. The summed E-state index contributed by atoms with van der Waals surface area (Å²) in [6.07, 6.45) is 4.35. The second-order valence-electron chi connectivity index (χ2n) is 6.02. The van der Waals surface area contributed by atoms with Gasteiger partial charge in [-0.05, 0) is 49.3 Å². The monoisotopic (exact) mass is 415 g/mol. The maximum Gasteiger partial charge on any atom is 0.194 e. The molecule has 1 aliphatic heterocycles. The molecule has 2 aliphatic rings. The predicted molar refractivity (Wildman–Crippen MR) is 101 cm³/mol. The van der Waals surface area contributed by atoms with Crippen LogP contribution >= 0.6 is 24.0 Å². The Bertz CT molecular complexity index is 533. The molecule has 1 heterocycles. The average molecular weight is 415 g/mol. The molecule has 0 aromatic heterocycles. The number of hydrogen-bond donors (Lipinski definition) is 2. The first-order chi connectivity index (χ1) is 10.3. The molecule has 1 saturated heterocycles. The van der Waals surface area contributed by atoms with Gasteiger partial charge in [-0.2, -0.15) is 0 Å². The first-order valence-electron chi connectivity index (χ1n) is 8.08. The van der Waals surface area contributed by atoms with E-state index in [1.807, 2.05) is 0 Å². The Morgan fingerprint density at radius 3 is 2.91 bits per heavy atom. The maximum atomic E-state index is 9.68. The lowest BCUT2D eigenvalue weighted by molar-refractivity contribution is 0.188. The molecule has 5 heteroatoms. The van der Waals surface area contributed by atoms with Gasteiger partial charge < -0.3 is 15.3 Å². The number of β-amino-alcohol motifs (C(OH)–C–C–N with tert-alkyl or cyclic N) is 1. The molecule has 122 valence electrons. The van der Waals surface area contributed by atoms with E-state index in [0.29, 0.717) is 13.1 Å². The fraction of sp³-hybridized carbons (Fsp3) is 0.588. The maximum absolute atomic E-state index is 9.68. The lowest BCUT2D eigenvalue weighted by Crippen LogP contribution is -2.40. The Kier molecular flexibility index (Phi) is 6.50. The highest BCUT2D eigenvalue weighted by atomic mass is 127. The normalized spacial score (nSPS) is 20.7. The number of likely N-dealkylation sites (tertiary alicyclic amines) is 1. The van der Waals surface area contributed by atoms with Gasteiger partial charge in [-0.15, -0.1) is 24.0 Å². The van der Waals surface area contributed by atoms with Crippen molar-refractivity contribution in [2.45, 2.75) is 45.3 Å². The quantitative estimate of drug-likeness (QED) is 0.453. The van der Waals surface area contributed by atoms with E-state index in [9.17, 15) is 5.11 Å². The van der Waals surface area contributed by atoms with Gasteiger partial charge in [0, 0.05) is 19.6 Å². The average Bonchev–Trinajstić information content (AvgIpc) is 3.11. The number of benzene rings is 1. The highest BCUT2D eigenvalue weighted by molar-refractivity contribution is 14.0. The van der Waals surface area contributed by atoms with Gasteiger partial charge in [-0.1, -0.05) is 18.2 Å². The summed E-state index contributed by atoms with van der Waals surface area (Å²) in [5.74, 6) is 0.926. The van der Waals surface area contributed by atoms with Crippen molar-refractivity contribution in [1.82, 2.24) is 10.2 Å². The highest BCUT2D eigenvalue weighted by Gasteiger charge is 2.22. The molecule has 0 saturated carbocycles. The standard InChI is InChI=1S/C17H25N3O.HI/c1-2-18-17(20-9-8-16(21)12-20)19-11-13-6-7-14-4-3-5-15(14)10-13;/h6-7,10,16,21H,2-5,8-9,11-12H2,1H3,(H,18,19);1H/t16-;/m1./s1. The van der Waals surface area contributed by atoms with E-state index in [-0.39, 0.29) is 30.1 Å². The molecule has 0 radical (unpaired) electrons. The molecule has 3 rings (SSSR count). The number of aliphatic imine (C=N–C) groups is 1. The summed E-state index contributed by atoms with van der Waals surface area (Å²) in [5, 5.41) is 13.0. The van der Waals surface area contributed by atoms with Crippen LogP contribution in [0.2, 0.25) is 0 Å². The van der Waals surface area contributed by atoms with Gasteiger partial charge in [-0.3, -0.25) is 0 Å². The topological polar surface area (TPSA) is 47.9 Å². The van der Waals surface area contributed by atoms with Gasteiger partial charge in [0.25, 0.3) is 0 Å². The van der Waals surface area contributed by atoms with Crippen molar-refractivity contribution < 1.29 is 5.11 Å². The number of fused-ring (bicyclic) bond motifs is 1. The van der Waals surface area contributed by atoms with Crippen LogP contribution in [-0.2, 0) is 19.4 Å². The lowest BCUT2D eigenvalue weighted by atomic mass is 10.1. The first kappa shape index (κ1) is 17.5. The predicted octanol–water partition coefficient (Wildman–Crippen LogP) is 2.33. The minimum absolute atomic E-state index is 0. The zero-order valence-corrected chi connectivity index (χ0v) is 15.5. The minimum Gasteiger partial charge on any atom is -0.391 e. The van der Waals surface area contributed by atoms with E-state index in [2.05, 4.69) is 35.3 Å². The van der Waals surface area contributed by atoms with Gasteiger partial charge in [0.05, 0.1) is 12.6 Å². The highest BCUT2D eigenvalue weighted by Crippen LogP contribution is 2.23. The van der Waals surface area contributed by atoms with Crippen LogP contribution in [0.25, 0.3) is 0 Å². The molecule has 1 aliphatic carbocycles. The van der Waals surface area contributed by atoms with Gasteiger partial charge in [0.2, 0.25) is 0 Å². The van der Waals surface area contributed by atoms with Crippen molar-refractivity contribution in [1.29, 1.82) is 0 Å². The molecule has 1 fully saturated rings. The smallest absolute Gasteiger partial charge is 0.194 e. The second kappa shape index (κ2) is 8.15. The third-order valence-electron chi connectivity index (χ3n) is 4.37. The number of aliphatic hydroxyl groups excluding tert-OH is 1. The number of guanidine groups is 1. The molecule has 0 amide bonds. The number of aliphatic hydroxyl groups is 1. The Morgan fingerprint density at radius 2 is 2.18 bits per heavy atom. The number of halogens is 1. The third kappa shape index (κ3) is 4.13. The summed E-state index contributed by atoms with van der Waals surface area (Å²) < 4.78 is 0. The molecule has 22 heavy (non-hydrogen) atoms. The van der Waals surface area contributed by atoms with Gasteiger partial charge in [0.1, 0.15) is 0 Å². The van der Waals surface area contributed by atoms with Gasteiger partial charge in [0.15, 0.2) is 5.96 Å². The summed E-state index contributed by atoms with van der Waals surface area (Å²) in [7, 11) is 0.